The number of hydrogen-bond donors (Lipinski definition) is 0. The van der Waals surface area contributed by atoms with Gasteiger partial charge in [0.25, 0.3) is 0 Å². The SMILES string of the molecule is COc1ccc(C=Nc2cc(OC)c(OC)c(OC)c2)cc1OC(=O)c1ccccc1. The van der Waals surface area contributed by atoms with Crippen molar-refractivity contribution < 1.29 is 28.5 Å². The second-order valence-electron chi connectivity index (χ2n) is 6.31. The predicted molar refractivity (Wildman–Crippen MR) is 118 cm³/mol. The summed E-state index contributed by atoms with van der Waals surface area (Å²) in [6.45, 7) is 0. The van der Waals surface area contributed by atoms with Gasteiger partial charge in [0.2, 0.25) is 5.75 Å². The minimum Gasteiger partial charge on any atom is -0.493 e. The third-order valence-electron chi connectivity index (χ3n) is 4.41. The largest absolute Gasteiger partial charge is 0.493 e. The molecule has 0 aliphatic rings. The Balaban J connectivity index is 1.88. The third-order valence-corrected chi connectivity index (χ3v) is 4.41. The van der Waals surface area contributed by atoms with Crippen molar-refractivity contribution in [1.82, 2.24) is 0 Å². The monoisotopic (exact) mass is 421 g/mol. The number of benzene rings is 3. The van der Waals surface area contributed by atoms with E-state index in [1.54, 1.807) is 82.1 Å². The first-order chi connectivity index (χ1) is 15.1. The van der Waals surface area contributed by atoms with E-state index in [-0.39, 0.29) is 0 Å². The molecule has 0 amide bonds. The first-order valence-electron chi connectivity index (χ1n) is 9.39. The smallest absolute Gasteiger partial charge is 0.343 e. The van der Waals surface area contributed by atoms with E-state index in [1.807, 2.05) is 6.07 Å². The Kier molecular flexibility index (Phi) is 7.11. The van der Waals surface area contributed by atoms with Crippen LogP contribution >= 0.6 is 0 Å². The standard InChI is InChI=1S/C24H23NO6/c1-27-19-11-10-16(12-20(19)31-24(26)17-8-6-5-7-9-17)15-25-18-13-21(28-2)23(30-4)22(14-18)29-3/h5-15H,1-4H3. The van der Waals surface area contributed by atoms with Gasteiger partial charge in [0, 0.05) is 18.3 Å². The fraction of sp³-hybridized carbons (Fsp3) is 0.167. The molecule has 160 valence electrons. The Morgan fingerprint density at radius 3 is 1.97 bits per heavy atom. The molecule has 7 nitrogen and oxygen atoms in total. The van der Waals surface area contributed by atoms with Crippen molar-refractivity contribution in [2.45, 2.75) is 0 Å². The van der Waals surface area contributed by atoms with Gasteiger partial charge >= 0.3 is 5.97 Å². The molecule has 0 fully saturated rings. The lowest BCUT2D eigenvalue weighted by atomic mass is 10.2. The minimum absolute atomic E-state index is 0.296. The van der Waals surface area contributed by atoms with Gasteiger partial charge in [0.05, 0.1) is 39.7 Å². The van der Waals surface area contributed by atoms with Gasteiger partial charge in [0.1, 0.15) is 0 Å². The van der Waals surface area contributed by atoms with Crippen LogP contribution in [0.2, 0.25) is 0 Å². The summed E-state index contributed by atoms with van der Waals surface area (Å²) in [4.78, 5) is 16.9. The Morgan fingerprint density at radius 2 is 1.39 bits per heavy atom. The number of rotatable bonds is 8. The fourth-order valence-electron chi connectivity index (χ4n) is 2.88. The molecule has 0 aliphatic carbocycles. The molecule has 0 saturated heterocycles. The number of carbonyl (C=O) groups excluding carboxylic acids is 1. The summed E-state index contributed by atoms with van der Waals surface area (Å²) in [5, 5.41) is 0. The van der Waals surface area contributed by atoms with Crippen LogP contribution in [0.4, 0.5) is 5.69 Å². The highest BCUT2D eigenvalue weighted by Gasteiger charge is 2.14. The summed E-state index contributed by atoms with van der Waals surface area (Å²) in [5.74, 6) is 1.75. The van der Waals surface area contributed by atoms with E-state index in [0.717, 1.165) is 0 Å². The van der Waals surface area contributed by atoms with E-state index in [2.05, 4.69) is 4.99 Å². The summed E-state index contributed by atoms with van der Waals surface area (Å²) in [6, 6.07) is 17.4. The molecule has 3 rings (SSSR count). The molecule has 0 saturated carbocycles. The van der Waals surface area contributed by atoms with Gasteiger partial charge in [-0.2, -0.15) is 0 Å². The maximum atomic E-state index is 12.4. The highest BCUT2D eigenvalue weighted by Crippen LogP contribution is 2.40. The average molecular weight is 421 g/mol. The molecule has 7 heteroatoms. The van der Waals surface area contributed by atoms with Gasteiger partial charge in [-0.05, 0) is 35.9 Å². The lowest BCUT2D eigenvalue weighted by Crippen LogP contribution is -2.09. The van der Waals surface area contributed by atoms with E-state index in [9.17, 15) is 4.79 Å². The fourth-order valence-corrected chi connectivity index (χ4v) is 2.88. The molecule has 0 aromatic heterocycles. The third kappa shape index (κ3) is 5.14. The Labute approximate surface area is 180 Å². The molecular formula is C24H23NO6. The molecule has 3 aromatic rings. The molecule has 0 radical (unpaired) electrons. The van der Waals surface area contributed by atoms with Crippen molar-refractivity contribution >= 4 is 17.9 Å². The van der Waals surface area contributed by atoms with Crippen molar-refractivity contribution in [3.05, 3.63) is 71.8 Å². The van der Waals surface area contributed by atoms with Crippen LogP contribution in [0.5, 0.6) is 28.7 Å². The van der Waals surface area contributed by atoms with Crippen molar-refractivity contribution in [3.63, 3.8) is 0 Å². The highest BCUT2D eigenvalue weighted by molar-refractivity contribution is 5.92. The van der Waals surface area contributed by atoms with E-state index in [1.165, 1.54) is 7.11 Å². The van der Waals surface area contributed by atoms with E-state index >= 15 is 0 Å². The van der Waals surface area contributed by atoms with Gasteiger partial charge in [-0.1, -0.05) is 18.2 Å². The average Bonchev–Trinajstić information content (AvgIpc) is 2.82. The van der Waals surface area contributed by atoms with E-state index in [4.69, 9.17) is 23.7 Å². The van der Waals surface area contributed by atoms with Gasteiger partial charge in [-0.15, -0.1) is 0 Å². The van der Waals surface area contributed by atoms with Crippen LogP contribution in [0.15, 0.2) is 65.7 Å². The quantitative estimate of drug-likeness (QED) is 0.298. The normalized spacial score (nSPS) is 10.6. The number of aliphatic imine (C=N–C) groups is 1. The molecule has 0 atom stereocenters. The lowest BCUT2D eigenvalue weighted by molar-refractivity contribution is 0.0729. The van der Waals surface area contributed by atoms with Crippen LogP contribution < -0.4 is 23.7 Å². The van der Waals surface area contributed by atoms with Crippen LogP contribution in [0.25, 0.3) is 0 Å². The maximum absolute atomic E-state index is 12.4. The molecule has 3 aromatic carbocycles. The first-order valence-corrected chi connectivity index (χ1v) is 9.39. The minimum atomic E-state index is -0.474. The van der Waals surface area contributed by atoms with Crippen molar-refractivity contribution in [2.24, 2.45) is 4.99 Å². The maximum Gasteiger partial charge on any atom is 0.343 e. The Bertz CT molecular complexity index is 1050. The van der Waals surface area contributed by atoms with Gasteiger partial charge in [0.15, 0.2) is 23.0 Å². The molecular weight excluding hydrogens is 398 g/mol. The van der Waals surface area contributed by atoms with Gasteiger partial charge < -0.3 is 23.7 Å². The van der Waals surface area contributed by atoms with Crippen LogP contribution in [0, 0.1) is 0 Å². The summed E-state index contributed by atoms with van der Waals surface area (Å²) in [7, 11) is 6.14. The van der Waals surface area contributed by atoms with Crippen LogP contribution in [0.3, 0.4) is 0 Å². The first kappa shape index (κ1) is 21.7. The second-order valence-corrected chi connectivity index (χ2v) is 6.31. The van der Waals surface area contributed by atoms with Crippen molar-refractivity contribution in [1.29, 1.82) is 0 Å². The summed E-state index contributed by atoms with van der Waals surface area (Å²) >= 11 is 0. The van der Waals surface area contributed by atoms with E-state index in [0.29, 0.717) is 45.6 Å². The molecule has 0 unspecified atom stereocenters. The van der Waals surface area contributed by atoms with Crippen LogP contribution in [-0.4, -0.2) is 40.6 Å². The van der Waals surface area contributed by atoms with Crippen molar-refractivity contribution in [3.8, 4) is 28.7 Å². The summed E-state index contributed by atoms with van der Waals surface area (Å²) in [5.41, 5.74) is 1.76. The zero-order valence-electron chi connectivity index (χ0n) is 17.7. The second kappa shape index (κ2) is 10.2. The molecule has 0 aliphatic heterocycles. The van der Waals surface area contributed by atoms with Gasteiger partial charge in [-0.3, -0.25) is 4.99 Å². The Hall–Kier alpha value is -4.00. The molecule has 31 heavy (non-hydrogen) atoms. The number of methoxy groups -OCH3 is 4. The number of esters is 1. The zero-order valence-corrected chi connectivity index (χ0v) is 17.7. The molecule has 0 bridgehead atoms. The summed E-state index contributed by atoms with van der Waals surface area (Å²) < 4.78 is 26.9. The lowest BCUT2D eigenvalue weighted by Gasteiger charge is -2.12. The Morgan fingerprint density at radius 1 is 0.742 bits per heavy atom. The van der Waals surface area contributed by atoms with Crippen LogP contribution in [0.1, 0.15) is 15.9 Å². The van der Waals surface area contributed by atoms with Crippen molar-refractivity contribution in [2.75, 3.05) is 28.4 Å². The number of nitrogens with zero attached hydrogens (tertiary/aromatic N) is 1. The predicted octanol–water partition coefficient (Wildman–Crippen LogP) is 4.69. The molecule has 0 N–H and O–H groups in total. The molecule has 0 heterocycles. The highest BCUT2D eigenvalue weighted by atomic mass is 16.6. The zero-order chi connectivity index (χ0) is 22.2. The number of carbonyl (C=O) groups is 1. The number of hydrogen-bond acceptors (Lipinski definition) is 7. The number of ether oxygens (including phenoxy) is 5. The van der Waals surface area contributed by atoms with Crippen LogP contribution in [-0.2, 0) is 0 Å². The van der Waals surface area contributed by atoms with Gasteiger partial charge in [-0.25, -0.2) is 4.79 Å². The topological polar surface area (TPSA) is 75.6 Å². The van der Waals surface area contributed by atoms with E-state index < -0.39 is 5.97 Å². The summed E-state index contributed by atoms with van der Waals surface area (Å²) in [6.07, 6.45) is 1.64. The molecule has 0 spiro atoms.